The average Bonchev–Trinajstić information content (AvgIpc) is 2.32. The Morgan fingerprint density at radius 3 is 2.83 bits per heavy atom. The van der Waals surface area contributed by atoms with Crippen LogP contribution in [-0.4, -0.2) is 18.4 Å². The lowest BCUT2D eigenvalue weighted by Crippen LogP contribution is -2.43. The first-order chi connectivity index (χ1) is 8.52. The zero-order chi connectivity index (χ0) is 13.3. The van der Waals surface area contributed by atoms with Gasteiger partial charge in [-0.25, -0.2) is 4.39 Å². The van der Waals surface area contributed by atoms with Crippen molar-refractivity contribution in [1.29, 1.82) is 5.41 Å². The van der Waals surface area contributed by atoms with Crippen LogP contribution in [0.2, 0.25) is 0 Å². The summed E-state index contributed by atoms with van der Waals surface area (Å²) in [5.74, 6) is -0.0409. The zero-order valence-corrected chi connectivity index (χ0v) is 10.9. The molecule has 98 valence electrons. The van der Waals surface area contributed by atoms with Crippen molar-refractivity contribution in [3.63, 3.8) is 0 Å². The summed E-state index contributed by atoms with van der Waals surface area (Å²) in [5, 5.41) is 7.56. The molecule has 1 heterocycles. The summed E-state index contributed by atoms with van der Waals surface area (Å²) in [6.07, 6.45) is 2.29. The van der Waals surface area contributed by atoms with Gasteiger partial charge in [-0.2, -0.15) is 0 Å². The average molecular weight is 249 g/mol. The van der Waals surface area contributed by atoms with Crippen LogP contribution in [0.25, 0.3) is 0 Å². The second kappa shape index (κ2) is 4.96. The number of hydrogen-bond acceptors (Lipinski definition) is 2. The summed E-state index contributed by atoms with van der Waals surface area (Å²) >= 11 is 0. The van der Waals surface area contributed by atoms with Gasteiger partial charge in [0.25, 0.3) is 0 Å². The van der Waals surface area contributed by atoms with Crippen LogP contribution in [0.15, 0.2) is 18.2 Å². The third-order valence-electron chi connectivity index (χ3n) is 3.94. The monoisotopic (exact) mass is 249 g/mol. The largest absolute Gasteiger partial charge is 0.384 e. The number of hydrogen-bond donors (Lipinski definition) is 2. The molecule has 4 heteroatoms. The first kappa shape index (κ1) is 12.9. The molecule has 0 aromatic heterocycles. The van der Waals surface area contributed by atoms with Crippen LogP contribution in [-0.2, 0) is 0 Å². The second-order valence-electron chi connectivity index (χ2n) is 5.10. The topological polar surface area (TPSA) is 53.1 Å². The molecule has 2 unspecified atom stereocenters. The van der Waals surface area contributed by atoms with Gasteiger partial charge in [0.1, 0.15) is 11.7 Å². The van der Waals surface area contributed by atoms with E-state index < -0.39 is 5.82 Å². The standard InChI is InChI=1S/C14H20FN3/c1-9-5-4-8-18(10(9)2)12-7-3-6-11(15)13(12)14(16)17/h3,6-7,9-10H,4-5,8H2,1-2H3,(H3,16,17). The lowest BCUT2D eigenvalue weighted by molar-refractivity contribution is 0.363. The zero-order valence-electron chi connectivity index (χ0n) is 10.9. The van der Waals surface area contributed by atoms with Crippen LogP contribution in [0.5, 0.6) is 0 Å². The molecule has 3 nitrogen and oxygen atoms in total. The third-order valence-corrected chi connectivity index (χ3v) is 3.94. The van der Waals surface area contributed by atoms with E-state index in [2.05, 4.69) is 18.7 Å². The molecule has 3 N–H and O–H groups in total. The molecule has 1 aromatic carbocycles. The van der Waals surface area contributed by atoms with E-state index in [9.17, 15) is 4.39 Å². The van der Waals surface area contributed by atoms with Crippen LogP contribution in [0.3, 0.4) is 0 Å². The summed E-state index contributed by atoms with van der Waals surface area (Å²) in [6.45, 7) is 5.26. The molecule has 1 aliphatic rings. The SMILES string of the molecule is CC1CCCN(c2cccc(F)c2C(=N)N)C1C. The summed E-state index contributed by atoms with van der Waals surface area (Å²) in [5.41, 5.74) is 6.50. The molecule has 2 atom stereocenters. The number of rotatable bonds is 2. The quantitative estimate of drug-likeness (QED) is 0.625. The normalized spacial score (nSPS) is 24.1. The van der Waals surface area contributed by atoms with E-state index in [0.717, 1.165) is 18.7 Å². The second-order valence-corrected chi connectivity index (χ2v) is 5.10. The van der Waals surface area contributed by atoms with E-state index in [-0.39, 0.29) is 11.4 Å². The van der Waals surface area contributed by atoms with Gasteiger partial charge in [0.05, 0.1) is 11.3 Å². The fourth-order valence-electron chi connectivity index (χ4n) is 2.69. The Balaban J connectivity index is 2.44. The van der Waals surface area contributed by atoms with Crippen molar-refractivity contribution in [2.45, 2.75) is 32.7 Å². The smallest absolute Gasteiger partial charge is 0.136 e. The highest BCUT2D eigenvalue weighted by molar-refractivity contribution is 6.00. The molecular formula is C14H20FN3. The van der Waals surface area contributed by atoms with Gasteiger partial charge in [-0.3, -0.25) is 5.41 Å². The number of nitrogens with one attached hydrogen (secondary N) is 1. The van der Waals surface area contributed by atoms with Crippen molar-refractivity contribution in [3.8, 4) is 0 Å². The van der Waals surface area contributed by atoms with E-state index in [1.807, 2.05) is 6.07 Å². The maximum absolute atomic E-state index is 13.8. The van der Waals surface area contributed by atoms with Crippen molar-refractivity contribution in [3.05, 3.63) is 29.6 Å². The lowest BCUT2D eigenvalue weighted by atomic mass is 9.91. The van der Waals surface area contributed by atoms with Gasteiger partial charge >= 0.3 is 0 Å². The highest BCUT2D eigenvalue weighted by Crippen LogP contribution is 2.31. The Bertz CT molecular complexity index is 458. The van der Waals surface area contributed by atoms with Crippen LogP contribution in [0, 0.1) is 17.1 Å². The van der Waals surface area contributed by atoms with Gasteiger partial charge in [0.15, 0.2) is 0 Å². The number of anilines is 1. The van der Waals surface area contributed by atoms with Crippen molar-refractivity contribution in [1.82, 2.24) is 0 Å². The summed E-state index contributed by atoms with van der Waals surface area (Å²) in [6, 6.07) is 5.24. The van der Waals surface area contributed by atoms with Crippen LogP contribution in [0.4, 0.5) is 10.1 Å². The molecule has 0 aliphatic carbocycles. The highest BCUT2D eigenvalue weighted by Gasteiger charge is 2.27. The van der Waals surface area contributed by atoms with E-state index >= 15 is 0 Å². The van der Waals surface area contributed by atoms with Gasteiger partial charge < -0.3 is 10.6 Å². The van der Waals surface area contributed by atoms with Crippen molar-refractivity contribution in [2.24, 2.45) is 11.7 Å². The van der Waals surface area contributed by atoms with Gasteiger partial charge in [0.2, 0.25) is 0 Å². The molecule has 0 amide bonds. The Kier molecular flexibility index (Phi) is 3.55. The summed E-state index contributed by atoms with van der Waals surface area (Å²) in [4.78, 5) is 2.17. The third kappa shape index (κ3) is 2.19. The fourth-order valence-corrected chi connectivity index (χ4v) is 2.69. The molecule has 0 bridgehead atoms. The Morgan fingerprint density at radius 1 is 1.44 bits per heavy atom. The first-order valence-corrected chi connectivity index (χ1v) is 6.42. The number of halogens is 1. The minimum absolute atomic E-state index is 0.200. The van der Waals surface area contributed by atoms with Crippen molar-refractivity contribution in [2.75, 3.05) is 11.4 Å². The fraction of sp³-hybridized carbons (Fsp3) is 0.500. The Hall–Kier alpha value is -1.58. The summed E-state index contributed by atoms with van der Waals surface area (Å²) < 4.78 is 13.8. The Labute approximate surface area is 107 Å². The lowest BCUT2D eigenvalue weighted by Gasteiger charge is -2.40. The predicted molar refractivity (Wildman–Crippen MR) is 72.6 cm³/mol. The number of nitrogens with two attached hydrogens (primary N) is 1. The number of nitrogens with zero attached hydrogens (tertiary/aromatic N) is 1. The molecule has 0 saturated carbocycles. The number of amidine groups is 1. The van der Waals surface area contributed by atoms with Gasteiger partial charge in [-0.1, -0.05) is 13.0 Å². The van der Waals surface area contributed by atoms with E-state index in [1.165, 1.54) is 12.5 Å². The van der Waals surface area contributed by atoms with Crippen molar-refractivity contribution >= 4 is 11.5 Å². The molecule has 0 spiro atoms. The van der Waals surface area contributed by atoms with E-state index in [4.69, 9.17) is 11.1 Å². The Morgan fingerprint density at radius 2 is 2.17 bits per heavy atom. The van der Waals surface area contributed by atoms with E-state index in [1.54, 1.807) is 6.07 Å². The highest BCUT2D eigenvalue weighted by atomic mass is 19.1. The van der Waals surface area contributed by atoms with Crippen LogP contribution in [0.1, 0.15) is 32.3 Å². The van der Waals surface area contributed by atoms with Crippen molar-refractivity contribution < 1.29 is 4.39 Å². The van der Waals surface area contributed by atoms with Crippen LogP contribution >= 0.6 is 0 Å². The molecule has 1 aliphatic heterocycles. The number of nitrogen functional groups attached to an aromatic ring is 1. The summed E-state index contributed by atoms with van der Waals surface area (Å²) in [7, 11) is 0. The minimum atomic E-state index is -0.412. The van der Waals surface area contributed by atoms with Gasteiger partial charge in [-0.05, 0) is 37.8 Å². The molecule has 1 saturated heterocycles. The minimum Gasteiger partial charge on any atom is -0.384 e. The molecule has 2 rings (SSSR count). The maximum atomic E-state index is 13.8. The predicted octanol–water partition coefficient (Wildman–Crippen LogP) is 2.73. The van der Waals surface area contributed by atoms with Gasteiger partial charge in [-0.15, -0.1) is 0 Å². The van der Waals surface area contributed by atoms with Gasteiger partial charge in [0, 0.05) is 12.6 Å². The first-order valence-electron chi connectivity index (χ1n) is 6.42. The number of benzene rings is 1. The maximum Gasteiger partial charge on any atom is 0.136 e. The van der Waals surface area contributed by atoms with E-state index in [0.29, 0.717) is 12.0 Å². The molecule has 18 heavy (non-hydrogen) atoms. The molecule has 0 radical (unpaired) electrons. The molecule has 1 aromatic rings. The molecular weight excluding hydrogens is 229 g/mol. The molecule has 1 fully saturated rings. The van der Waals surface area contributed by atoms with Crippen LogP contribution < -0.4 is 10.6 Å². The number of piperidine rings is 1.